The van der Waals surface area contributed by atoms with Gasteiger partial charge in [-0.3, -0.25) is 0 Å². The van der Waals surface area contributed by atoms with Crippen LogP contribution in [-0.4, -0.2) is 70.6 Å². The molecule has 7 rings (SSSR count). The van der Waals surface area contributed by atoms with E-state index >= 15 is 0 Å². The Morgan fingerprint density at radius 1 is 1.02 bits per heavy atom. The number of anilines is 1. The summed E-state index contributed by atoms with van der Waals surface area (Å²) in [6, 6.07) is 31.9. The van der Waals surface area contributed by atoms with Gasteiger partial charge in [-0.25, -0.2) is 18.4 Å². The molecule has 0 aromatic heterocycles. The summed E-state index contributed by atoms with van der Waals surface area (Å²) in [4.78, 5) is 14.5. The molecule has 320 valence electrons. The van der Waals surface area contributed by atoms with Crippen LogP contribution in [0.15, 0.2) is 109 Å². The number of benzene rings is 4. The number of hydrogen-bond acceptors (Lipinski definition) is 7. The van der Waals surface area contributed by atoms with E-state index < -0.39 is 35.7 Å². The van der Waals surface area contributed by atoms with Gasteiger partial charge < -0.3 is 24.3 Å². The molecule has 1 heterocycles. The van der Waals surface area contributed by atoms with Gasteiger partial charge in [0.1, 0.15) is 5.75 Å². The zero-order valence-corrected chi connectivity index (χ0v) is 37.7. The number of sulfonamides is 1. The first-order chi connectivity index (χ1) is 28.5. The first-order valence-corrected chi connectivity index (χ1v) is 25.1. The second-order valence-corrected chi connectivity index (χ2v) is 25.1. The van der Waals surface area contributed by atoms with Crippen molar-refractivity contribution in [3.05, 3.63) is 131 Å². The van der Waals surface area contributed by atoms with E-state index in [0.717, 1.165) is 48.2 Å². The van der Waals surface area contributed by atoms with E-state index in [9.17, 15) is 23.4 Å². The number of rotatable bonds is 14. The Morgan fingerprint density at radius 3 is 2.30 bits per heavy atom. The van der Waals surface area contributed by atoms with Crippen LogP contribution in [0, 0.1) is 17.8 Å². The summed E-state index contributed by atoms with van der Waals surface area (Å²) in [6.45, 7) is 10.2. The summed E-state index contributed by atoms with van der Waals surface area (Å²) in [5, 5.41) is 29.4. The molecule has 0 amide bonds. The molecule has 4 aromatic carbocycles. The number of aryl methyl sites for hydroxylation is 1. The van der Waals surface area contributed by atoms with Gasteiger partial charge in [0, 0.05) is 36.1 Å². The van der Waals surface area contributed by atoms with Crippen LogP contribution in [0.1, 0.15) is 81.3 Å². The topological polar surface area (TPSA) is 139 Å². The summed E-state index contributed by atoms with van der Waals surface area (Å²) in [5.74, 6) is -0.635. The van der Waals surface area contributed by atoms with E-state index in [0.29, 0.717) is 30.5 Å². The Balaban J connectivity index is 1.16. The maximum absolute atomic E-state index is 12.6. The average Bonchev–Trinajstić information content (AvgIpc) is 3.35. The van der Waals surface area contributed by atoms with Crippen LogP contribution in [0.3, 0.4) is 0 Å². The maximum Gasteiger partial charge on any atom is 0.335 e. The Labute approximate surface area is 361 Å². The molecule has 0 radical (unpaired) electrons. The molecule has 12 heteroatoms. The predicted octanol–water partition coefficient (Wildman–Crippen LogP) is 7.71. The number of halogens is 1. The van der Waals surface area contributed by atoms with Crippen LogP contribution in [0.5, 0.6) is 5.75 Å². The Morgan fingerprint density at radius 2 is 1.70 bits per heavy atom. The van der Waals surface area contributed by atoms with Gasteiger partial charge in [0.25, 0.3) is 8.32 Å². The molecule has 3 aliphatic rings. The normalized spacial score (nSPS) is 22.2. The molecular weight excluding hydrogens is 812 g/mol. The summed E-state index contributed by atoms with van der Waals surface area (Å²) in [6.07, 6.45) is 7.80. The second-order valence-electron chi connectivity index (χ2n) is 18.3. The van der Waals surface area contributed by atoms with Gasteiger partial charge in [0.2, 0.25) is 10.0 Å². The standard InChI is InChI=1S/C48H59ClN2O7SSi/c1-33(59(50,55)56)26-34(30-58-60(47(2,3)4,39-13-7-5-8-14-39)40-15-9-6-10-16-40)17-23-44(52)41-21-18-37(41)29-51-31-48(25-11-12-35-27-38(49)20-22-42(35)48)32-57-45-24-19-36(46(53)54)28-43(45)51/h5-10,13-17,19-20,22-24,27-28,33-34,37,41,44,52H,11-12,18,21,25-26,29-32H2,1-4H3,(H,53,54)(H2,50,55,56)/b23-17+/t33-,34+,37+,41-,44+,48+/m1/s1. The molecule has 4 aromatic rings. The highest BCUT2D eigenvalue weighted by Crippen LogP contribution is 2.47. The third kappa shape index (κ3) is 9.13. The number of carboxylic acids is 1. The largest absolute Gasteiger partial charge is 0.490 e. The number of fused-ring (bicyclic) bond motifs is 3. The molecule has 1 fully saturated rings. The lowest BCUT2D eigenvalue weighted by molar-refractivity contribution is 0.0453. The van der Waals surface area contributed by atoms with Gasteiger partial charge in [-0.15, -0.1) is 0 Å². The van der Waals surface area contributed by atoms with E-state index in [1.165, 1.54) is 11.1 Å². The van der Waals surface area contributed by atoms with Crippen LogP contribution in [0.2, 0.25) is 10.1 Å². The van der Waals surface area contributed by atoms with Gasteiger partial charge in [-0.1, -0.05) is 111 Å². The predicted molar refractivity (Wildman–Crippen MR) is 243 cm³/mol. The maximum atomic E-state index is 12.6. The molecule has 4 N–H and O–H groups in total. The molecule has 0 bridgehead atoms. The number of carbonyl (C=O) groups is 1. The summed E-state index contributed by atoms with van der Waals surface area (Å²) >= 11 is 6.46. The number of primary sulfonamides is 1. The van der Waals surface area contributed by atoms with Gasteiger partial charge in [0.15, 0.2) is 0 Å². The number of nitrogens with two attached hydrogens (primary N) is 1. The summed E-state index contributed by atoms with van der Waals surface area (Å²) in [7, 11) is -6.77. The van der Waals surface area contributed by atoms with Crippen molar-refractivity contribution < 1.29 is 32.6 Å². The van der Waals surface area contributed by atoms with Crippen LogP contribution in [0.4, 0.5) is 5.69 Å². The molecular formula is C48H59ClN2O7SSi. The second kappa shape index (κ2) is 17.8. The third-order valence-corrected chi connectivity index (χ3v) is 19.9. The van der Waals surface area contributed by atoms with Crippen LogP contribution in [0.25, 0.3) is 0 Å². The van der Waals surface area contributed by atoms with Crippen LogP contribution < -0.4 is 25.1 Å². The van der Waals surface area contributed by atoms with Crippen molar-refractivity contribution >= 4 is 52.0 Å². The van der Waals surface area contributed by atoms with E-state index in [1.807, 2.05) is 54.6 Å². The lowest BCUT2D eigenvalue weighted by Crippen LogP contribution is -2.66. The first-order valence-electron chi connectivity index (χ1n) is 21.2. The monoisotopic (exact) mass is 870 g/mol. The number of nitrogens with zero attached hydrogens (tertiary/aromatic N) is 1. The fraction of sp³-hybridized carbons (Fsp3) is 0.438. The molecule has 0 saturated heterocycles. The van der Waals surface area contributed by atoms with E-state index in [4.69, 9.17) is 25.9 Å². The fourth-order valence-corrected chi connectivity index (χ4v) is 15.3. The Bertz CT molecular complexity index is 2250. The third-order valence-electron chi connectivity index (χ3n) is 13.4. The number of aliphatic hydroxyl groups excluding tert-OH is 1. The lowest BCUT2D eigenvalue weighted by atomic mass is 9.68. The van der Waals surface area contributed by atoms with Gasteiger partial charge in [-0.2, -0.15) is 0 Å². The van der Waals surface area contributed by atoms with E-state index in [-0.39, 0.29) is 46.8 Å². The molecule has 9 nitrogen and oxygen atoms in total. The minimum atomic E-state index is -3.83. The van der Waals surface area contributed by atoms with Crippen molar-refractivity contribution in [1.29, 1.82) is 0 Å². The summed E-state index contributed by atoms with van der Waals surface area (Å²) < 4.78 is 39.0. The smallest absolute Gasteiger partial charge is 0.335 e. The minimum absolute atomic E-state index is 0.0566. The molecule has 2 aliphatic carbocycles. The molecule has 0 unspecified atom stereocenters. The SMILES string of the molecule is C[C@H](C[C@H](/C=C/[C@H](O)[C@@H]1CC[C@H]1CN1C[C@@]2(CCCc3cc(Cl)ccc32)COc2ccc(C(=O)O)cc21)CO[Si](c1ccccc1)(c1ccccc1)C(C)(C)C)S(N)(=O)=O. The highest BCUT2D eigenvalue weighted by molar-refractivity contribution is 7.89. The van der Waals surface area contributed by atoms with Crippen molar-refractivity contribution in [2.75, 3.05) is 31.2 Å². The van der Waals surface area contributed by atoms with Crippen molar-refractivity contribution in [2.24, 2.45) is 22.9 Å². The number of hydrogen-bond donors (Lipinski definition) is 3. The Hall–Kier alpha value is -3.97. The fourth-order valence-electron chi connectivity index (χ4n) is 9.97. The lowest BCUT2D eigenvalue weighted by Gasteiger charge is -2.45. The highest BCUT2D eigenvalue weighted by atomic mass is 35.5. The summed E-state index contributed by atoms with van der Waals surface area (Å²) in [5.41, 5.74) is 3.07. The Kier molecular flexibility index (Phi) is 13.1. The van der Waals surface area contributed by atoms with Gasteiger partial charge in [0.05, 0.1) is 29.2 Å². The molecule has 6 atom stereocenters. The van der Waals surface area contributed by atoms with Crippen molar-refractivity contribution in [3.63, 3.8) is 0 Å². The number of aromatic carboxylic acids is 1. The van der Waals surface area contributed by atoms with E-state index in [2.05, 4.69) is 62.1 Å². The van der Waals surface area contributed by atoms with Gasteiger partial charge >= 0.3 is 5.97 Å². The minimum Gasteiger partial charge on any atom is -0.490 e. The number of ether oxygens (including phenoxy) is 1. The highest BCUT2D eigenvalue weighted by Gasteiger charge is 2.50. The molecule has 60 heavy (non-hydrogen) atoms. The van der Waals surface area contributed by atoms with Crippen LogP contribution >= 0.6 is 11.6 Å². The average molecular weight is 872 g/mol. The van der Waals surface area contributed by atoms with Gasteiger partial charge in [-0.05, 0) is 114 Å². The molecule has 1 saturated carbocycles. The number of aliphatic hydroxyl groups is 1. The molecule has 1 spiro atoms. The van der Waals surface area contributed by atoms with Crippen molar-refractivity contribution in [2.45, 2.75) is 88.0 Å². The quantitative estimate of drug-likeness (QED) is 0.0866. The van der Waals surface area contributed by atoms with Crippen molar-refractivity contribution in [3.8, 4) is 5.75 Å². The van der Waals surface area contributed by atoms with Crippen molar-refractivity contribution in [1.82, 2.24) is 0 Å². The first kappa shape index (κ1) is 44.1. The zero-order valence-electron chi connectivity index (χ0n) is 35.1. The zero-order chi connectivity index (χ0) is 42.9. The molecule has 1 aliphatic heterocycles. The van der Waals surface area contributed by atoms with Crippen LogP contribution in [-0.2, 0) is 26.3 Å². The van der Waals surface area contributed by atoms with E-state index in [1.54, 1.807) is 25.1 Å². The number of carboxylic acid groups (broad SMARTS) is 1.